The Labute approximate surface area is 113 Å². The highest BCUT2D eigenvalue weighted by molar-refractivity contribution is 5.83. The van der Waals surface area contributed by atoms with Crippen LogP contribution in [-0.4, -0.2) is 41.3 Å². The normalized spacial score (nSPS) is 12.4. The van der Waals surface area contributed by atoms with Gasteiger partial charge in [-0.3, -0.25) is 4.79 Å². The van der Waals surface area contributed by atoms with Gasteiger partial charge in [-0.25, -0.2) is 0 Å². The fraction of sp³-hybridized carbons (Fsp3) is 0.429. The first kappa shape index (κ1) is 15.0. The lowest BCUT2D eigenvalue weighted by Crippen LogP contribution is -2.38. The average Bonchev–Trinajstić information content (AvgIpc) is 2.42. The van der Waals surface area contributed by atoms with Crippen LogP contribution in [0, 0.1) is 0 Å². The van der Waals surface area contributed by atoms with Crippen molar-refractivity contribution < 1.29 is 14.7 Å². The SMILES string of the molecule is CCN(CC)C(=O)C(C)O/N=C/c1ccccc1O. The number of rotatable bonds is 6. The van der Waals surface area contributed by atoms with Crippen molar-refractivity contribution in [1.29, 1.82) is 0 Å². The molecule has 5 heteroatoms. The van der Waals surface area contributed by atoms with Gasteiger partial charge < -0.3 is 14.8 Å². The number of para-hydroxylation sites is 1. The number of benzene rings is 1. The summed E-state index contributed by atoms with van der Waals surface area (Å²) in [7, 11) is 0. The van der Waals surface area contributed by atoms with Crippen LogP contribution in [0.1, 0.15) is 26.3 Å². The van der Waals surface area contributed by atoms with Gasteiger partial charge in [0.05, 0.1) is 6.21 Å². The van der Waals surface area contributed by atoms with E-state index in [1.54, 1.807) is 36.1 Å². The smallest absolute Gasteiger partial charge is 0.266 e. The van der Waals surface area contributed by atoms with E-state index in [0.717, 1.165) is 0 Å². The van der Waals surface area contributed by atoms with Crippen molar-refractivity contribution in [2.24, 2.45) is 5.16 Å². The fourth-order valence-corrected chi connectivity index (χ4v) is 1.61. The highest BCUT2D eigenvalue weighted by Gasteiger charge is 2.19. The Morgan fingerprint density at radius 3 is 2.63 bits per heavy atom. The first-order valence-corrected chi connectivity index (χ1v) is 6.36. The van der Waals surface area contributed by atoms with Gasteiger partial charge in [-0.1, -0.05) is 17.3 Å². The number of hydrogen-bond donors (Lipinski definition) is 1. The maximum atomic E-state index is 11.9. The van der Waals surface area contributed by atoms with Crippen LogP contribution in [0.5, 0.6) is 5.75 Å². The summed E-state index contributed by atoms with van der Waals surface area (Å²) in [4.78, 5) is 18.7. The van der Waals surface area contributed by atoms with Gasteiger partial charge in [0.15, 0.2) is 0 Å². The number of carbonyl (C=O) groups is 1. The summed E-state index contributed by atoms with van der Waals surface area (Å²) < 4.78 is 0. The zero-order valence-corrected chi connectivity index (χ0v) is 11.5. The zero-order chi connectivity index (χ0) is 14.3. The molecule has 5 nitrogen and oxygen atoms in total. The molecule has 0 heterocycles. The number of nitrogens with zero attached hydrogens (tertiary/aromatic N) is 2. The standard InChI is InChI=1S/C14H20N2O3/c1-4-16(5-2)14(18)11(3)19-15-10-12-8-6-7-9-13(12)17/h6-11,17H,4-5H2,1-3H3/b15-10+. The van der Waals surface area contributed by atoms with Gasteiger partial charge in [0, 0.05) is 18.7 Å². The number of oxime groups is 1. The third-order valence-electron chi connectivity index (χ3n) is 2.77. The van der Waals surface area contributed by atoms with Crippen LogP contribution >= 0.6 is 0 Å². The van der Waals surface area contributed by atoms with Crippen molar-refractivity contribution in [3.63, 3.8) is 0 Å². The molecule has 19 heavy (non-hydrogen) atoms. The van der Waals surface area contributed by atoms with Crippen molar-refractivity contribution in [3.05, 3.63) is 29.8 Å². The Hall–Kier alpha value is -2.04. The van der Waals surface area contributed by atoms with E-state index < -0.39 is 6.10 Å². The third-order valence-corrected chi connectivity index (χ3v) is 2.77. The van der Waals surface area contributed by atoms with Crippen LogP contribution in [0.25, 0.3) is 0 Å². The first-order valence-electron chi connectivity index (χ1n) is 6.36. The predicted molar refractivity (Wildman–Crippen MR) is 74.2 cm³/mol. The maximum Gasteiger partial charge on any atom is 0.266 e. The Kier molecular flexibility index (Phi) is 5.85. The van der Waals surface area contributed by atoms with Gasteiger partial charge in [-0.2, -0.15) is 0 Å². The molecule has 1 aromatic rings. The van der Waals surface area contributed by atoms with Crippen LogP contribution in [0.4, 0.5) is 0 Å². The lowest BCUT2D eigenvalue weighted by Gasteiger charge is -2.21. The minimum Gasteiger partial charge on any atom is -0.507 e. The topological polar surface area (TPSA) is 62.1 Å². The van der Waals surface area contributed by atoms with Gasteiger partial charge in [-0.15, -0.1) is 0 Å². The van der Waals surface area contributed by atoms with E-state index in [2.05, 4.69) is 5.16 Å². The monoisotopic (exact) mass is 264 g/mol. The lowest BCUT2D eigenvalue weighted by molar-refractivity contribution is -0.142. The van der Waals surface area contributed by atoms with Gasteiger partial charge in [0.25, 0.3) is 5.91 Å². The molecule has 0 fully saturated rings. The number of amides is 1. The number of likely N-dealkylation sites (N-methyl/N-ethyl adjacent to an activating group) is 1. The second-order valence-corrected chi connectivity index (χ2v) is 4.05. The molecule has 0 aliphatic heterocycles. The Balaban J connectivity index is 2.57. The number of phenols is 1. The summed E-state index contributed by atoms with van der Waals surface area (Å²) in [5.74, 6) is 0.0250. The van der Waals surface area contributed by atoms with E-state index in [-0.39, 0.29) is 11.7 Å². The quantitative estimate of drug-likeness (QED) is 0.631. The first-order chi connectivity index (χ1) is 9.10. The molecule has 1 amide bonds. The molecule has 0 saturated carbocycles. The van der Waals surface area contributed by atoms with Crippen molar-refractivity contribution in [1.82, 2.24) is 4.90 Å². The Bertz CT molecular complexity index is 442. The third kappa shape index (κ3) is 4.28. The van der Waals surface area contributed by atoms with Crippen LogP contribution < -0.4 is 0 Å². The van der Waals surface area contributed by atoms with Crippen LogP contribution in [-0.2, 0) is 9.63 Å². The molecular formula is C14H20N2O3. The molecule has 1 aromatic carbocycles. The minimum absolute atomic E-state index is 0.0977. The van der Waals surface area contributed by atoms with Crippen LogP contribution in [0.15, 0.2) is 29.4 Å². The number of phenolic OH excluding ortho intramolecular Hbond substituents is 1. The summed E-state index contributed by atoms with van der Waals surface area (Å²) >= 11 is 0. The molecule has 104 valence electrons. The van der Waals surface area contributed by atoms with E-state index in [1.165, 1.54) is 6.21 Å². The Morgan fingerprint density at radius 2 is 2.05 bits per heavy atom. The predicted octanol–water partition coefficient (Wildman–Crippen LogP) is 2.00. The molecule has 0 aromatic heterocycles. The molecule has 0 radical (unpaired) electrons. The van der Waals surface area contributed by atoms with Gasteiger partial charge in [-0.05, 0) is 32.9 Å². The lowest BCUT2D eigenvalue weighted by atomic mass is 10.2. The fourth-order valence-electron chi connectivity index (χ4n) is 1.61. The van der Waals surface area contributed by atoms with Gasteiger partial charge in [0.2, 0.25) is 6.10 Å². The highest BCUT2D eigenvalue weighted by atomic mass is 16.6. The van der Waals surface area contributed by atoms with E-state index >= 15 is 0 Å². The second-order valence-electron chi connectivity index (χ2n) is 4.05. The number of aromatic hydroxyl groups is 1. The molecule has 0 spiro atoms. The van der Waals surface area contributed by atoms with E-state index in [9.17, 15) is 9.90 Å². The summed E-state index contributed by atoms with van der Waals surface area (Å²) in [6.45, 7) is 6.78. The highest BCUT2D eigenvalue weighted by Crippen LogP contribution is 2.12. The molecular weight excluding hydrogens is 244 g/mol. The van der Waals surface area contributed by atoms with Crippen LogP contribution in [0.3, 0.4) is 0 Å². The summed E-state index contributed by atoms with van der Waals surface area (Å²) in [5.41, 5.74) is 0.546. The van der Waals surface area contributed by atoms with E-state index in [4.69, 9.17) is 4.84 Å². The summed E-state index contributed by atoms with van der Waals surface area (Å²) in [6.07, 6.45) is 0.753. The number of carbonyl (C=O) groups excluding carboxylic acids is 1. The summed E-state index contributed by atoms with van der Waals surface area (Å²) in [6, 6.07) is 6.77. The van der Waals surface area contributed by atoms with Gasteiger partial charge >= 0.3 is 0 Å². The Morgan fingerprint density at radius 1 is 1.42 bits per heavy atom. The molecule has 0 bridgehead atoms. The van der Waals surface area contributed by atoms with Crippen molar-refractivity contribution >= 4 is 12.1 Å². The number of hydrogen-bond acceptors (Lipinski definition) is 4. The molecule has 1 atom stereocenters. The summed E-state index contributed by atoms with van der Waals surface area (Å²) in [5, 5.41) is 13.3. The van der Waals surface area contributed by atoms with E-state index in [1.807, 2.05) is 13.8 Å². The van der Waals surface area contributed by atoms with Gasteiger partial charge in [0.1, 0.15) is 5.75 Å². The second kappa shape index (κ2) is 7.41. The van der Waals surface area contributed by atoms with Crippen molar-refractivity contribution in [2.75, 3.05) is 13.1 Å². The van der Waals surface area contributed by atoms with Crippen LogP contribution in [0.2, 0.25) is 0 Å². The van der Waals surface area contributed by atoms with E-state index in [0.29, 0.717) is 18.7 Å². The largest absolute Gasteiger partial charge is 0.507 e. The van der Waals surface area contributed by atoms with Crippen molar-refractivity contribution in [2.45, 2.75) is 26.9 Å². The zero-order valence-electron chi connectivity index (χ0n) is 11.5. The average molecular weight is 264 g/mol. The molecule has 0 aliphatic carbocycles. The molecule has 0 aliphatic rings. The molecule has 1 rings (SSSR count). The van der Waals surface area contributed by atoms with Crippen molar-refractivity contribution in [3.8, 4) is 5.75 Å². The molecule has 1 N–H and O–H groups in total. The molecule has 1 unspecified atom stereocenters. The minimum atomic E-state index is -0.637. The molecule has 0 saturated heterocycles. The maximum absolute atomic E-state index is 11.9.